The van der Waals surface area contributed by atoms with Crippen LogP contribution in [-0.4, -0.2) is 6.61 Å². The van der Waals surface area contributed by atoms with Gasteiger partial charge in [-0.15, -0.1) is 0 Å². The average molecular weight is 278 g/mol. The number of ether oxygens (including phenoxy) is 1. The zero-order valence-corrected chi connectivity index (χ0v) is 10.7. The van der Waals surface area contributed by atoms with Gasteiger partial charge in [-0.1, -0.05) is 47.8 Å². The third kappa shape index (κ3) is 3.89. The van der Waals surface area contributed by atoms with Crippen LogP contribution in [0, 0.1) is 5.92 Å². The normalized spacial score (nSPS) is 12.6. The predicted octanol–water partition coefficient (Wildman–Crippen LogP) is 4.53. The zero-order chi connectivity index (χ0) is 10.6. The van der Waals surface area contributed by atoms with Gasteiger partial charge in [0.05, 0.1) is 6.61 Å². The Labute approximate surface area is 98.5 Å². The number of benzene rings is 1. The highest BCUT2D eigenvalue weighted by atomic mass is 79.9. The first-order valence-corrected chi connectivity index (χ1v) is 5.87. The average Bonchev–Trinajstić information content (AvgIpc) is 2.12. The number of rotatable bonds is 4. The second-order valence-corrected chi connectivity index (χ2v) is 4.78. The SMILES string of the molecule is CCC(C)COc1cc(Cl)cc(Br)c1. The lowest BCUT2D eigenvalue weighted by atomic mass is 10.1. The summed E-state index contributed by atoms with van der Waals surface area (Å²) in [7, 11) is 0. The van der Waals surface area contributed by atoms with Crippen LogP contribution in [0.1, 0.15) is 20.3 Å². The van der Waals surface area contributed by atoms with Gasteiger partial charge >= 0.3 is 0 Å². The fourth-order valence-electron chi connectivity index (χ4n) is 0.968. The van der Waals surface area contributed by atoms with E-state index in [1.54, 1.807) is 0 Å². The summed E-state index contributed by atoms with van der Waals surface area (Å²) in [6, 6.07) is 5.60. The minimum atomic E-state index is 0.577. The van der Waals surface area contributed by atoms with Crippen molar-refractivity contribution in [1.82, 2.24) is 0 Å². The molecule has 14 heavy (non-hydrogen) atoms. The van der Waals surface area contributed by atoms with E-state index < -0.39 is 0 Å². The third-order valence-electron chi connectivity index (χ3n) is 2.07. The molecular weight excluding hydrogens is 263 g/mol. The van der Waals surface area contributed by atoms with Gasteiger partial charge in [0.25, 0.3) is 0 Å². The molecule has 0 aromatic heterocycles. The van der Waals surface area contributed by atoms with Gasteiger partial charge in [-0.25, -0.2) is 0 Å². The van der Waals surface area contributed by atoms with Crippen molar-refractivity contribution >= 4 is 27.5 Å². The van der Waals surface area contributed by atoms with Crippen LogP contribution in [0.2, 0.25) is 5.02 Å². The summed E-state index contributed by atoms with van der Waals surface area (Å²) in [5.74, 6) is 1.40. The van der Waals surface area contributed by atoms with E-state index in [4.69, 9.17) is 16.3 Å². The van der Waals surface area contributed by atoms with E-state index in [1.165, 1.54) is 0 Å². The van der Waals surface area contributed by atoms with E-state index in [9.17, 15) is 0 Å². The zero-order valence-electron chi connectivity index (χ0n) is 8.39. The minimum Gasteiger partial charge on any atom is -0.493 e. The van der Waals surface area contributed by atoms with Crippen LogP contribution in [0.3, 0.4) is 0 Å². The molecule has 0 saturated carbocycles. The smallest absolute Gasteiger partial charge is 0.121 e. The molecule has 1 atom stereocenters. The van der Waals surface area contributed by atoms with Gasteiger partial charge in [0.1, 0.15) is 5.75 Å². The van der Waals surface area contributed by atoms with E-state index in [0.717, 1.165) is 23.2 Å². The summed E-state index contributed by atoms with van der Waals surface area (Å²) in [5.41, 5.74) is 0. The van der Waals surface area contributed by atoms with Crippen molar-refractivity contribution in [3.8, 4) is 5.75 Å². The van der Waals surface area contributed by atoms with Crippen LogP contribution in [-0.2, 0) is 0 Å². The minimum absolute atomic E-state index is 0.577. The molecule has 0 saturated heterocycles. The lowest BCUT2D eigenvalue weighted by Gasteiger charge is -2.11. The molecule has 0 bridgehead atoms. The van der Waals surface area contributed by atoms with Crippen LogP contribution in [0.15, 0.2) is 22.7 Å². The van der Waals surface area contributed by atoms with Crippen LogP contribution in [0.25, 0.3) is 0 Å². The highest BCUT2D eigenvalue weighted by molar-refractivity contribution is 9.10. The molecule has 1 aromatic carbocycles. The maximum Gasteiger partial charge on any atom is 0.121 e. The Balaban J connectivity index is 2.58. The fourth-order valence-corrected chi connectivity index (χ4v) is 1.80. The number of hydrogen-bond donors (Lipinski definition) is 0. The highest BCUT2D eigenvalue weighted by Crippen LogP contribution is 2.24. The van der Waals surface area contributed by atoms with Crippen molar-refractivity contribution < 1.29 is 4.74 Å². The fraction of sp³-hybridized carbons (Fsp3) is 0.455. The van der Waals surface area contributed by atoms with Gasteiger partial charge in [-0.05, 0) is 24.1 Å². The molecule has 0 spiro atoms. The van der Waals surface area contributed by atoms with Gasteiger partial charge in [-0.3, -0.25) is 0 Å². The van der Waals surface area contributed by atoms with E-state index in [-0.39, 0.29) is 0 Å². The predicted molar refractivity (Wildman–Crippen MR) is 64.1 cm³/mol. The highest BCUT2D eigenvalue weighted by Gasteiger charge is 2.02. The monoisotopic (exact) mass is 276 g/mol. The quantitative estimate of drug-likeness (QED) is 0.786. The van der Waals surface area contributed by atoms with Crippen molar-refractivity contribution in [1.29, 1.82) is 0 Å². The summed E-state index contributed by atoms with van der Waals surface area (Å²) >= 11 is 9.26. The van der Waals surface area contributed by atoms with Crippen LogP contribution < -0.4 is 4.74 Å². The molecule has 0 aliphatic heterocycles. The van der Waals surface area contributed by atoms with Crippen molar-refractivity contribution in [3.63, 3.8) is 0 Å². The molecular formula is C11H14BrClO. The van der Waals surface area contributed by atoms with E-state index >= 15 is 0 Å². The van der Waals surface area contributed by atoms with E-state index in [2.05, 4.69) is 29.8 Å². The second-order valence-electron chi connectivity index (χ2n) is 3.43. The molecule has 0 fully saturated rings. The van der Waals surface area contributed by atoms with Gasteiger partial charge in [0.2, 0.25) is 0 Å². The van der Waals surface area contributed by atoms with E-state index in [0.29, 0.717) is 10.9 Å². The van der Waals surface area contributed by atoms with Crippen molar-refractivity contribution in [2.75, 3.05) is 6.61 Å². The Hall–Kier alpha value is -0.210. The summed E-state index contributed by atoms with van der Waals surface area (Å²) in [6.45, 7) is 5.06. The molecule has 0 amide bonds. The lowest BCUT2D eigenvalue weighted by Crippen LogP contribution is -2.07. The molecule has 0 heterocycles. The Morgan fingerprint density at radius 2 is 2.14 bits per heavy atom. The summed E-state index contributed by atoms with van der Waals surface area (Å²) in [5, 5.41) is 0.693. The summed E-state index contributed by atoms with van der Waals surface area (Å²) in [4.78, 5) is 0. The van der Waals surface area contributed by atoms with Crippen molar-refractivity contribution in [2.24, 2.45) is 5.92 Å². The molecule has 0 N–H and O–H groups in total. The molecule has 1 unspecified atom stereocenters. The van der Waals surface area contributed by atoms with Crippen LogP contribution in [0.4, 0.5) is 0 Å². The van der Waals surface area contributed by atoms with Gasteiger partial charge < -0.3 is 4.74 Å². The van der Waals surface area contributed by atoms with Gasteiger partial charge in [0, 0.05) is 9.50 Å². The lowest BCUT2D eigenvalue weighted by molar-refractivity contribution is 0.256. The Bertz CT molecular complexity index is 281. The summed E-state index contributed by atoms with van der Waals surface area (Å²) in [6.07, 6.45) is 1.13. The molecule has 3 heteroatoms. The largest absolute Gasteiger partial charge is 0.493 e. The standard InChI is InChI=1S/C11H14BrClO/c1-3-8(2)7-14-11-5-9(12)4-10(13)6-11/h4-6,8H,3,7H2,1-2H3. The second kappa shape index (κ2) is 5.62. The Kier molecular flexibility index (Phi) is 4.76. The van der Waals surface area contributed by atoms with Crippen molar-refractivity contribution in [2.45, 2.75) is 20.3 Å². The number of halogens is 2. The first kappa shape index (κ1) is 11.9. The Morgan fingerprint density at radius 3 is 2.71 bits per heavy atom. The van der Waals surface area contributed by atoms with E-state index in [1.807, 2.05) is 18.2 Å². The van der Waals surface area contributed by atoms with Crippen LogP contribution in [0.5, 0.6) is 5.75 Å². The first-order valence-electron chi connectivity index (χ1n) is 4.70. The van der Waals surface area contributed by atoms with Crippen molar-refractivity contribution in [3.05, 3.63) is 27.7 Å². The van der Waals surface area contributed by atoms with Gasteiger partial charge in [0.15, 0.2) is 0 Å². The summed E-state index contributed by atoms with van der Waals surface area (Å²) < 4.78 is 6.55. The molecule has 78 valence electrons. The molecule has 1 rings (SSSR count). The molecule has 0 radical (unpaired) electrons. The topological polar surface area (TPSA) is 9.23 Å². The molecule has 0 aliphatic rings. The number of hydrogen-bond acceptors (Lipinski definition) is 1. The Morgan fingerprint density at radius 1 is 1.43 bits per heavy atom. The molecule has 1 aromatic rings. The molecule has 1 nitrogen and oxygen atoms in total. The maximum atomic E-state index is 5.89. The maximum absolute atomic E-state index is 5.89. The first-order chi connectivity index (χ1) is 6.61. The molecule has 0 aliphatic carbocycles. The third-order valence-corrected chi connectivity index (χ3v) is 2.74. The van der Waals surface area contributed by atoms with Crippen LogP contribution >= 0.6 is 27.5 Å². The van der Waals surface area contributed by atoms with Gasteiger partial charge in [-0.2, -0.15) is 0 Å².